The van der Waals surface area contributed by atoms with Gasteiger partial charge in [0.05, 0.1) is 0 Å². The summed E-state index contributed by atoms with van der Waals surface area (Å²) in [5.74, 6) is 3.14. The molecule has 20 heavy (non-hydrogen) atoms. The third kappa shape index (κ3) is 4.75. The Morgan fingerprint density at radius 3 is 2.20 bits per heavy atom. The zero-order valence-electron chi connectivity index (χ0n) is 12.5. The predicted octanol–water partition coefficient (Wildman–Crippen LogP) is 4.16. The van der Waals surface area contributed by atoms with Crippen LogP contribution in [0.15, 0.2) is 29.2 Å². The summed E-state index contributed by atoms with van der Waals surface area (Å²) < 4.78 is 10.3. The quantitative estimate of drug-likeness (QED) is 0.467. The highest BCUT2D eigenvalue weighted by Gasteiger charge is 2.24. The molecule has 1 aromatic rings. The molecule has 0 radical (unpaired) electrons. The molecular formula is C16H23O3S+. The van der Waals surface area contributed by atoms with Crippen molar-refractivity contribution in [2.24, 2.45) is 0 Å². The third-order valence-electron chi connectivity index (χ3n) is 3.03. The number of hydrogen-bond acceptors (Lipinski definition) is 3. The molecule has 1 aromatic carbocycles. The van der Waals surface area contributed by atoms with E-state index >= 15 is 0 Å². The molecule has 1 heterocycles. The molecular weight excluding hydrogens is 272 g/mol. The van der Waals surface area contributed by atoms with Gasteiger partial charge in [-0.3, -0.25) is 0 Å². The van der Waals surface area contributed by atoms with Crippen molar-refractivity contribution < 1.29 is 14.3 Å². The maximum atomic E-state index is 11.6. The van der Waals surface area contributed by atoms with E-state index in [-0.39, 0.29) is 0 Å². The number of benzene rings is 1. The lowest BCUT2D eigenvalue weighted by Crippen LogP contribution is -2.26. The van der Waals surface area contributed by atoms with Crippen LogP contribution in [-0.4, -0.2) is 23.3 Å². The van der Waals surface area contributed by atoms with Crippen molar-refractivity contribution in [3.05, 3.63) is 24.3 Å². The van der Waals surface area contributed by atoms with Crippen LogP contribution in [0.2, 0.25) is 0 Å². The molecule has 4 heteroatoms. The van der Waals surface area contributed by atoms with Crippen molar-refractivity contribution >= 4 is 17.1 Å². The summed E-state index contributed by atoms with van der Waals surface area (Å²) in [6.45, 7) is 5.46. The Balaban J connectivity index is 1.92. The molecule has 0 atom stereocenters. The fourth-order valence-electron chi connectivity index (χ4n) is 2.13. The Morgan fingerprint density at radius 1 is 1.05 bits per heavy atom. The average Bonchev–Trinajstić information content (AvgIpc) is 2.38. The molecule has 1 fully saturated rings. The molecule has 1 aliphatic rings. The molecule has 0 aromatic heterocycles. The maximum absolute atomic E-state index is 11.6. The Labute approximate surface area is 124 Å². The first kappa shape index (κ1) is 15.2. The summed E-state index contributed by atoms with van der Waals surface area (Å²) in [5.41, 5.74) is -0.527. The van der Waals surface area contributed by atoms with E-state index in [1.54, 1.807) is 0 Å². The Morgan fingerprint density at radius 2 is 1.65 bits per heavy atom. The van der Waals surface area contributed by atoms with Gasteiger partial charge in [-0.1, -0.05) is 0 Å². The van der Waals surface area contributed by atoms with Crippen LogP contribution in [0.1, 0.15) is 40.0 Å². The smallest absolute Gasteiger partial charge is 0.428 e. The highest BCUT2D eigenvalue weighted by Crippen LogP contribution is 2.24. The van der Waals surface area contributed by atoms with Crippen LogP contribution in [0, 0.1) is 0 Å². The van der Waals surface area contributed by atoms with E-state index in [2.05, 4.69) is 12.1 Å². The van der Waals surface area contributed by atoms with Gasteiger partial charge in [-0.25, -0.2) is 4.79 Å². The van der Waals surface area contributed by atoms with Crippen LogP contribution in [0.4, 0.5) is 4.79 Å². The van der Waals surface area contributed by atoms with Crippen molar-refractivity contribution in [2.45, 2.75) is 50.5 Å². The van der Waals surface area contributed by atoms with Gasteiger partial charge in [0, 0.05) is 10.9 Å². The fraction of sp³-hybridized carbons (Fsp3) is 0.562. The summed E-state index contributed by atoms with van der Waals surface area (Å²) in [5, 5.41) is 0. The molecule has 110 valence electrons. The molecule has 0 N–H and O–H groups in total. The van der Waals surface area contributed by atoms with E-state index in [4.69, 9.17) is 9.47 Å². The third-order valence-corrected chi connectivity index (χ3v) is 5.53. The first-order valence-corrected chi connectivity index (χ1v) is 8.69. The average molecular weight is 295 g/mol. The van der Waals surface area contributed by atoms with Crippen LogP contribution in [0.3, 0.4) is 0 Å². The number of rotatable bonds is 2. The largest absolute Gasteiger partial charge is 0.514 e. The van der Waals surface area contributed by atoms with Crippen molar-refractivity contribution in [3.8, 4) is 5.75 Å². The van der Waals surface area contributed by atoms with E-state index in [0.29, 0.717) is 16.6 Å². The first-order chi connectivity index (χ1) is 9.44. The minimum absolute atomic E-state index is 0.383. The van der Waals surface area contributed by atoms with E-state index in [9.17, 15) is 4.79 Å². The zero-order valence-corrected chi connectivity index (χ0v) is 13.3. The second-order valence-corrected chi connectivity index (χ2v) is 8.27. The summed E-state index contributed by atoms with van der Waals surface area (Å²) in [4.78, 5) is 12.9. The predicted molar refractivity (Wildman–Crippen MR) is 82.5 cm³/mol. The van der Waals surface area contributed by atoms with E-state index in [1.165, 1.54) is 35.7 Å². The second kappa shape index (κ2) is 6.53. The van der Waals surface area contributed by atoms with Gasteiger partial charge in [0.2, 0.25) is 0 Å². The Bertz CT molecular complexity index is 442. The molecule has 0 amide bonds. The molecule has 0 bridgehead atoms. The lowest BCUT2D eigenvalue weighted by molar-refractivity contribution is 0.0206. The summed E-state index contributed by atoms with van der Waals surface area (Å²) in [7, 11) is 0.383. The van der Waals surface area contributed by atoms with Gasteiger partial charge in [0.25, 0.3) is 0 Å². The van der Waals surface area contributed by atoms with Crippen molar-refractivity contribution in [3.63, 3.8) is 0 Å². The molecule has 1 saturated heterocycles. The number of ether oxygens (including phenoxy) is 2. The summed E-state index contributed by atoms with van der Waals surface area (Å²) in [6, 6.07) is 7.88. The SMILES string of the molecule is CC(C)(C)OC(=O)Oc1ccc([S+]2CCCCC2)cc1. The second-order valence-electron chi connectivity index (χ2n) is 6.00. The van der Waals surface area contributed by atoms with Crippen LogP contribution in [-0.2, 0) is 15.6 Å². The van der Waals surface area contributed by atoms with Gasteiger partial charge in [-0.05, 0) is 64.3 Å². The standard InChI is InChI=1S/C16H23O3S/c1-16(2,3)19-15(17)18-13-7-9-14(10-8-13)20-11-5-4-6-12-20/h7-10H,4-6,11-12H2,1-3H3/q+1. The molecule has 3 nitrogen and oxygen atoms in total. The minimum Gasteiger partial charge on any atom is -0.428 e. The summed E-state index contributed by atoms with van der Waals surface area (Å²) >= 11 is 0. The van der Waals surface area contributed by atoms with Gasteiger partial charge >= 0.3 is 6.16 Å². The maximum Gasteiger partial charge on any atom is 0.514 e. The van der Waals surface area contributed by atoms with Gasteiger partial charge in [0.1, 0.15) is 22.9 Å². The molecule has 0 aliphatic carbocycles. The highest BCUT2D eigenvalue weighted by molar-refractivity contribution is 7.96. The molecule has 2 rings (SSSR count). The fourth-order valence-corrected chi connectivity index (χ4v) is 4.44. The number of carbonyl (C=O) groups is 1. The van der Waals surface area contributed by atoms with Crippen LogP contribution >= 0.6 is 0 Å². The van der Waals surface area contributed by atoms with Crippen molar-refractivity contribution in [1.29, 1.82) is 0 Å². The lowest BCUT2D eigenvalue weighted by Gasteiger charge is -2.18. The lowest BCUT2D eigenvalue weighted by atomic mass is 10.2. The van der Waals surface area contributed by atoms with E-state index < -0.39 is 11.8 Å². The number of carbonyl (C=O) groups excluding carboxylic acids is 1. The minimum atomic E-state index is -0.648. The van der Waals surface area contributed by atoms with Gasteiger partial charge in [0.15, 0.2) is 4.90 Å². The Kier molecular flexibility index (Phi) is 4.97. The Hall–Kier alpha value is -1.16. The van der Waals surface area contributed by atoms with Crippen molar-refractivity contribution in [1.82, 2.24) is 0 Å². The van der Waals surface area contributed by atoms with E-state index in [1.807, 2.05) is 32.9 Å². The van der Waals surface area contributed by atoms with Gasteiger partial charge in [-0.15, -0.1) is 0 Å². The zero-order chi connectivity index (χ0) is 14.6. The number of hydrogen-bond donors (Lipinski definition) is 0. The highest BCUT2D eigenvalue weighted by atomic mass is 32.2. The van der Waals surface area contributed by atoms with Crippen LogP contribution in [0.25, 0.3) is 0 Å². The normalized spacial score (nSPS) is 16.8. The topological polar surface area (TPSA) is 35.5 Å². The van der Waals surface area contributed by atoms with E-state index in [0.717, 1.165) is 0 Å². The summed E-state index contributed by atoms with van der Waals surface area (Å²) in [6.07, 6.45) is 3.38. The molecule has 1 aliphatic heterocycles. The van der Waals surface area contributed by atoms with Gasteiger partial charge < -0.3 is 9.47 Å². The van der Waals surface area contributed by atoms with Gasteiger partial charge in [-0.2, -0.15) is 0 Å². The monoisotopic (exact) mass is 295 g/mol. The van der Waals surface area contributed by atoms with Crippen LogP contribution in [0.5, 0.6) is 5.75 Å². The molecule has 0 saturated carbocycles. The van der Waals surface area contributed by atoms with Crippen molar-refractivity contribution in [2.75, 3.05) is 11.5 Å². The molecule has 0 unspecified atom stereocenters. The molecule has 0 spiro atoms. The van der Waals surface area contributed by atoms with Crippen LogP contribution < -0.4 is 4.74 Å². The first-order valence-electron chi connectivity index (χ1n) is 7.12.